The molecule has 1 N–H and O–H groups in total. The number of anilines is 1. The molecule has 122 valence electrons. The first-order valence-electron chi connectivity index (χ1n) is 7.40. The van der Waals surface area contributed by atoms with Gasteiger partial charge in [-0.3, -0.25) is 4.31 Å². The summed E-state index contributed by atoms with van der Waals surface area (Å²) in [5.74, 6) is -0.0897. The second-order valence-corrected chi connectivity index (χ2v) is 8.15. The zero-order valence-corrected chi connectivity index (χ0v) is 14.3. The van der Waals surface area contributed by atoms with E-state index in [4.69, 9.17) is 11.6 Å². The van der Waals surface area contributed by atoms with Crippen LogP contribution in [0.25, 0.3) is 0 Å². The summed E-state index contributed by atoms with van der Waals surface area (Å²) in [5.41, 5.74) is 2.94. The lowest BCUT2D eigenvalue weighted by Crippen LogP contribution is -2.37. The predicted octanol–water partition coefficient (Wildman–Crippen LogP) is 3.42. The normalized spacial score (nSPS) is 17.9. The fourth-order valence-electron chi connectivity index (χ4n) is 2.84. The molecule has 0 radical (unpaired) electrons. The van der Waals surface area contributed by atoms with Crippen molar-refractivity contribution in [1.29, 1.82) is 0 Å². The van der Waals surface area contributed by atoms with Crippen molar-refractivity contribution in [1.82, 2.24) is 0 Å². The van der Waals surface area contributed by atoms with E-state index in [1.54, 1.807) is 30.3 Å². The number of sulfonamides is 1. The maximum atomic E-state index is 12.8. The third kappa shape index (κ3) is 3.37. The highest BCUT2D eigenvalue weighted by Gasteiger charge is 2.31. The van der Waals surface area contributed by atoms with E-state index in [0.717, 1.165) is 5.56 Å². The van der Waals surface area contributed by atoms with Gasteiger partial charge in [-0.1, -0.05) is 41.4 Å². The Balaban J connectivity index is 1.95. The number of aliphatic hydroxyl groups is 1. The minimum Gasteiger partial charge on any atom is -0.388 e. The maximum absolute atomic E-state index is 12.8. The Morgan fingerprint density at radius 3 is 2.61 bits per heavy atom. The van der Waals surface area contributed by atoms with E-state index in [9.17, 15) is 13.5 Å². The zero-order valence-electron chi connectivity index (χ0n) is 12.7. The van der Waals surface area contributed by atoms with Crippen LogP contribution < -0.4 is 4.31 Å². The summed E-state index contributed by atoms with van der Waals surface area (Å²) < 4.78 is 27.0. The maximum Gasteiger partial charge on any atom is 0.239 e. The SMILES string of the molecule is Cc1ccc2c(c1)C(O)CCN2S(=O)(=O)Cc1ccc(Cl)cc1. The van der Waals surface area contributed by atoms with E-state index in [0.29, 0.717) is 28.3 Å². The van der Waals surface area contributed by atoms with Gasteiger partial charge in [-0.15, -0.1) is 0 Å². The third-order valence-corrected chi connectivity index (χ3v) is 6.02. The van der Waals surface area contributed by atoms with Crippen molar-refractivity contribution < 1.29 is 13.5 Å². The second-order valence-electron chi connectivity index (χ2n) is 5.82. The summed E-state index contributed by atoms with van der Waals surface area (Å²) >= 11 is 5.84. The van der Waals surface area contributed by atoms with Crippen LogP contribution in [0.1, 0.15) is 29.2 Å². The number of aryl methyl sites for hydroxylation is 1. The van der Waals surface area contributed by atoms with Crippen LogP contribution in [0.5, 0.6) is 0 Å². The average Bonchev–Trinajstić information content (AvgIpc) is 2.50. The van der Waals surface area contributed by atoms with Gasteiger partial charge in [0.05, 0.1) is 17.5 Å². The standard InChI is InChI=1S/C17H18ClNO3S/c1-12-2-7-16-15(10-12)17(20)8-9-19(16)23(21,22)11-13-3-5-14(18)6-4-13/h2-7,10,17,20H,8-9,11H2,1H3. The van der Waals surface area contributed by atoms with E-state index in [1.807, 2.05) is 19.1 Å². The van der Waals surface area contributed by atoms with Crippen LogP contribution in [-0.4, -0.2) is 20.1 Å². The topological polar surface area (TPSA) is 57.6 Å². The first-order chi connectivity index (χ1) is 10.9. The van der Waals surface area contributed by atoms with Crippen LogP contribution in [-0.2, 0) is 15.8 Å². The summed E-state index contributed by atoms with van der Waals surface area (Å²) in [4.78, 5) is 0. The van der Waals surface area contributed by atoms with Gasteiger partial charge in [0.15, 0.2) is 0 Å². The van der Waals surface area contributed by atoms with Crippen LogP contribution in [0.3, 0.4) is 0 Å². The van der Waals surface area contributed by atoms with Gasteiger partial charge in [0.25, 0.3) is 0 Å². The Kier molecular flexibility index (Phi) is 4.36. The molecular formula is C17H18ClNO3S. The lowest BCUT2D eigenvalue weighted by atomic mass is 9.99. The summed E-state index contributed by atoms with van der Waals surface area (Å²) in [6.45, 7) is 2.21. The van der Waals surface area contributed by atoms with Gasteiger partial charge in [-0.05, 0) is 37.1 Å². The highest BCUT2D eigenvalue weighted by Crippen LogP contribution is 2.36. The van der Waals surface area contributed by atoms with Gasteiger partial charge in [0.2, 0.25) is 10.0 Å². The molecule has 0 aromatic heterocycles. The lowest BCUT2D eigenvalue weighted by Gasteiger charge is -2.33. The zero-order chi connectivity index (χ0) is 16.6. The van der Waals surface area contributed by atoms with E-state index >= 15 is 0 Å². The summed E-state index contributed by atoms with van der Waals surface area (Å²) in [6.07, 6.45) is -0.220. The number of fused-ring (bicyclic) bond motifs is 1. The molecule has 1 unspecified atom stereocenters. The molecule has 1 aliphatic rings. The Bertz CT molecular complexity index is 818. The first-order valence-corrected chi connectivity index (χ1v) is 9.39. The highest BCUT2D eigenvalue weighted by molar-refractivity contribution is 7.92. The highest BCUT2D eigenvalue weighted by atomic mass is 35.5. The molecule has 0 aliphatic carbocycles. The Labute approximate surface area is 141 Å². The Morgan fingerprint density at radius 1 is 1.22 bits per heavy atom. The molecule has 1 aliphatic heterocycles. The summed E-state index contributed by atoms with van der Waals surface area (Å²) in [5, 5.41) is 10.7. The average molecular weight is 352 g/mol. The fraction of sp³-hybridized carbons (Fsp3) is 0.294. The van der Waals surface area contributed by atoms with Crippen LogP contribution in [0, 0.1) is 6.92 Å². The summed E-state index contributed by atoms with van der Waals surface area (Å²) in [6, 6.07) is 12.3. The lowest BCUT2D eigenvalue weighted by molar-refractivity contribution is 0.166. The van der Waals surface area contributed by atoms with Gasteiger partial charge in [0.1, 0.15) is 0 Å². The van der Waals surface area contributed by atoms with Crippen LogP contribution in [0.15, 0.2) is 42.5 Å². The van der Waals surface area contributed by atoms with Crippen LogP contribution in [0.2, 0.25) is 5.02 Å². The predicted molar refractivity (Wildman–Crippen MR) is 92.2 cm³/mol. The van der Waals surface area contributed by atoms with Crippen molar-refractivity contribution in [3.05, 3.63) is 64.2 Å². The number of halogens is 1. The van der Waals surface area contributed by atoms with E-state index in [-0.39, 0.29) is 12.3 Å². The quantitative estimate of drug-likeness (QED) is 0.921. The molecule has 23 heavy (non-hydrogen) atoms. The molecule has 4 nitrogen and oxygen atoms in total. The minimum atomic E-state index is -3.52. The van der Waals surface area contributed by atoms with Gasteiger partial charge >= 0.3 is 0 Å². The van der Waals surface area contributed by atoms with E-state index in [2.05, 4.69) is 0 Å². The number of hydrogen-bond donors (Lipinski definition) is 1. The van der Waals surface area contributed by atoms with Crippen molar-refractivity contribution >= 4 is 27.3 Å². The third-order valence-electron chi connectivity index (χ3n) is 4.01. The fourth-order valence-corrected chi connectivity index (χ4v) is 4.59. The monoisotopic (exact) mass is 351 g/mol. The molecule has 0 saturated carbocycles. The molecule has 3 rings (SSSR count). The molecule has 2 aromatic carbocycles. The number of benzene rings is 2. The molecular weight excluding hydrogens is 334 g/mol. The minimum absolute atomic E-state index is 0.0897. The van der Waals surface area contributed by atoms with Crippen molar-refractivity contribution in [3.63, 3.8) is 0 Å². The van der Waals surface area contributed by atoms with Crippen LogP contribution in [0.4, 0.5) is 5.69 Å². The Morgan fingerprint density at radius 2 is 1.91 bits per heavy atom. The van der Waals surface area contributed by atoms with Gasteiger partial charge < -0.3 is 5.11 Å². The molecule has 0 spiro atoms. The molecule has 1 heterocycles. The second kappa shape index (κ2) is 6.15. The summed E-state index contributed by atoms with van der Waals surface area (Å²) in [7, 11) is -3.52. The Hall–Kier alpha value is -1.56. The molecule has 0 amide bonds. The van der Waals surface area contributed by atoms with E-state index in [1.165, 1.54) is 4.31 Å². The van der Waals surface area contributed by atoms with Crippen molar-refractivity contribution in [2.75, 3.05) is 10.8 Å². The largest absolute Gasteiger partial charge is 0.388 e. The van der Waals surface area contributed by atoms with Gasteiger partial charge in [-0.2, -0.15) is 0 Å². The smallest absolute Gasteiger partial charge is 0.239 e. The number of hydrogen-bond acceptors (Lipinski definition) is 3. The molecule has 1 atom stereocenters. The van der Waals surface area contributed by atoms with E-state index < -0.39 is 16.1 Å². The number of rotatable bonds is 3. The molecule has 6 heteroatoms. The van der Waals surface area contributed by atoms with Crippen molar-refractivity contribution in [2.24, 2.45) is 0 Å². The van der Waals surface area contributed by atoms with Gasteiger partial charge in [-0.25, -0.2) is 8.42 Å². The molecule has 2 aromatic rings. The number of nitrogens with zero attached hydrogens (tertiary/aromatic N) is 1. The number of aliphatic hydroxyl groups excluding tert-OH is 1. The van der Waals surface area contributed by atoms with Gasteiger partial charge in [0, 0.05) is 17.1 Å². The van der Waals surface area contributed by atoms with Crippen molar-refractivity contribution in [3.8, 4) is 0 Å². The molecule has 0 fully saturated rings. The molecule has 0 bridgehead atoms. The van der Waals surface area contributed by atoms with Crippen molar-refractivity contribution in [2.45, 2.75) is 25.2 Å². The molecule has 0 saturated heterocycles. The first kappa shape index (κ1) is 16.3. The van der Waals surface area contributed by atoms with Crippen LogP contribution >= 0.6 is 11.6 Å².